The molecule has 2 heterocycles. The molecule has 1 amide bonds. The van der Waals surface area contributed by atoms with Gasteiger partial charge in [-0.15, -0.1) is 22.7 Å². The van der Waals surface area contributed by atoms with Crippen molar-refractivity contribution in [3.05, 3.63) is 63.0 Å². The van der Waals surface area contributed by atoms with Gasteiger partial charge in [0.05, 0.1) is 11.4 Å². The van der Waals surface area contributed by atoms with Gasteiger partial charge in [0.2, 0.25) is 5.91 Å². The lowest BCUT2D eigenvalue weighted by molar-refractivity contribution is -0.115. The first kappa shape index (κ1) is 18.2. The van der Waals surface area contributed by atoms with Crippen molar-refractivity contribution in [3.63, 3.8) is 0 Å². The normalized spacial score (nSPS) is 10.6. The van der Waals surface area contributed by atoms with E-state index in [0.717, 1.165) is 4.88 Å². The number of amides is 1. The second kappa shape index (κ2) is 7.76. The second-order valence-electron chi connectivity index (χ2n) is 5.41. The van der Waals surface area contributed by atoms with Crippen molar-refractivity contribution in [1.82, 2.24) is 4.98 Å². The van der Waals surface area contributed by atoms with Gasteiger partial charge in [0.25, 0.3) is 0 Å². The average Bonchev–Trinajstić information content (AvgIpc) is 3.24. The number of ether oxygens (including phenoxy) is 1. The molecule has 2 aromatic heterocycles. The first-order chi connectivity index (χ1) is 12.5. The van der Waals surface area contributed by atoms with Gasteiger partial charge in [-0.05, 0) is 31.2 Å². The van der Waals surface area contributed by atoms with Crippen molar-refractivity contribution in [3.8, 4) is 0 Å². The Morgan fingerprint density at radius 1 is 1.23 bits per heavy atom. The molecule has 0 aliphatic rings. The van der Waals surface area contributed by atoms with Crippen LogP contribution in [0, 0.1) is 12.7 Å². The van der Waals surface area contributed by atoms with Crippen molar-refractivity contribution in [1.29, 1.82) is 0 Å². The molecule has 3 aromatic rings. The molecule has 134 valence electrons. The van der Waals surface area contributed by atoms with E-state index in [1.54, 1.807) is 23.6 Å². The molecule has 5 nitrogen and oxygen atoms in total. The number of esters is 1. The van der Waals surface area contributed by atoms with Crippen molar-refractivity contribution in [2.45, 2.75) is 20.5 Å². The molecule has 0 bridgehead atoms. The molecule has 0 atom stereocenters. The van der Waals surface area contributed by atoms with Crippen molar-refractivity contribution >= 4 is 45.4 Å². The molecule has 0 aliphatic heterocycles. The molecule has 26 heavy (non-hydrogen) atoms. The standard InChI is InChI=1S/C18H15FN2O3S2/c1-11-7-8-16(26-11)17(23)24-9-13-10-25-18(20-13)21(12(2)22)15-6-4-3-5-14(15)19/h3-8,10H,9H2,1-2H3. The minimum Gasteiger partial charge on any atom is -0.455 e. The van der Waals surface area contributed by atoms with Crippen LogP contribution in [0.1, 0.15) is 27.2 Å². The van der Waals surface area contributed by atoms with Gasteiger partial charge < -0.3 is 4.74 Å². The Balaban J connectivity index is 1.74. The number of rotatable bonds is 5. The number of carbonyl (C=O) groups excluding carboxylic acids is 2. The topological polar surface area (TPSA) is 59.5 Å². The fourth-order valence-electron chi connectivity index (χ4n) is 2.26. The highest BCUT2D eigenvalue weighted by Crippen LogP contribution is 2.31. The van der Waals surface area contributed by atoms with E-state index in [0.29, 0.717) is 15.7 Å². The van der Waals surface area contributed by atoms with E-state index in [2.05, 4.69) is 4.98 Å². The highest BCUT2D eigenvalue weighted by atomic mass is 32.1. The number of carbonyl (C=O) groups is 2. The van der Waals surface area contributed by atoms with E-state index in [4.69, 9.17) is 4.74 Å². The molecule has 0 saturated carbocycles. The summed E-state index contributed by atoms with van der Waals surface area (Å²) in [5, 5.41) is 2.00. The number of aryl methyl sites for hydroxylation is 1. The largest absolute Gasteiger partial charge is 0.455 e. The number of thiophene rings is 1. The first-order valence-corrected chi connectivity index (χ1v) is 9.38. The summed E-state index contributed by atoms with van der Waals surface area (Å²) < 4.78 is 19.3. The van der Waals surface area contributed by atoms with E-state index >= 15 is 0 Å². The van der Waals surface area contributed by atoms with Crippen LogP contribution in [0.15, 0.2) is 41.8 Å². The Kier molecular flexibility index (Phi) is 5.43. The van der Waals surface area contributed by atoms with Crippen LogP contribution in [0.4, 0.5) is 15.2 Å². The lowest BCUT2D eigenvalue weighted by atomic mass is 10.3. The van der Waals surface area contributed by atoms with Gasteiger partial charge in [-0.3, -0.25) is 9.69 Å². The molecule has 0 saturated heterocycles. The summed E-state index contributed by atoms with van der Waals surface area (Å²) in [6.45, 7) is 3.23. The Morgan fingerprint density at radius 3 is 2.65 bits per heavy atom. The molecule has 0 N–H and O–H groups in total. The molecular weight excluding hydrogens is 375 g/mol. The third-order valence-electron chi connectivity index (χ3n) is 3.43. The van der Waals surface area contributed by atoms with Crippen molar-refractivity contribution in [2.75, 3.05) is 4.90 Å². The molecule has 0 unspecified atom stereocenters. The summed E-state index contributed by atoms with van der Waals surface area (Å²) in [7, 11) is 0. The number of thiazole rings is 1. The molecule has 0 radical (unpaired) electrons. The van der Waals surface area contributed by atoms with E-state index in [1.165, 1.54) is 46.6 Å². The zero-order chi connectivity index (χ0) is 18.7. The van der Waals surface area contributed by atoms with Gasteiger partial charge in [0.1, 0.15) is 17.3 Å². The van der Waals surface area contributed by atoms with Crippen LogP contribution in [0.25, 0.3) is 0 Å². The second-order valence-corrected chi connectivity index (χ2v) is 7.54. The fraction of sp³-hybridized carbons (Fsp3) is 0.167. The fourth-order valence-corrected chi connectivity index (χ4v) is 3.89. The highest BCUT2D eigenvalue weighted by Gasteiger charge is 2.21. The van der Waals surface area contributed by atoms with Crippen molar-refractivity contribution < 1.29 is 18.7 Å². The number of hydrogen-bond donors (Lipinski definition) is 0. The first-order valence-electron chi connectivity index (χ1n) is 7.69. The highest BCUT2D eigenvalue weighted by molar-refractivity contribution is 7.14. The molecule has 8 heteroatoms. The Morgan fingerprint density at radius 2 is 2.00 bits per heavy atom. The number of aromatic nitrogens is 1. The van der Waals surface area contributed by atoms with Gasteiger partial charge in [-0.25, -0.2) is 14.2 Å². The van der Waals surface area contributed by atoms with Crippen LogP contribution in [0.3, 0.4) is 0 Å². The number of anilines is 2. The summed E-state index contributed by atoms with van der Waals surface area (Å²) in [4.78, 5) is 31.0. The molecule has 3 rings (SSSR count). The van der Waals surface area contributed by atoms with Crippen LogP contribution in [-0.2, 0) is 16.1 Å². The lowest BCUT2D eigenvalue weighted by Gasteiger charge is -2.18. The minimum absolute atomic E-state index is 0.0186. The SMILES string of the molecule is CC(=O)N(c1nc(COC(=O)c2ccc(C)s2)cs1)c1ccccc1F. The lowest BCUT2D eigenvalue weighted by Crippen LogP contribution is -2.23. The number of hydrogen-bond acceptors (Lipinski definition) is 6. The maximum Gasteiger partial charge on any atom is 0.348 e. The van der Waals surface area contributed by atoms with E-state index in [9.17, 15) is 14.0 Å². The van der Waals surface area contributed by atoms with Crippen LogP contribution in [0.5, 0.6) is 0 Å². The van der Waals surface area contributed by atoms with Gasteiger partial charge in [-0.2, -0.15) is 0 Å². The molecule has 0 aliphatic carbocycles. The van der Waals surface area contributed by atoms with Crippen molar-refractivity contribution in [2.24, 2.45) is 0 Å². The minimum atomic E-state index is -0.515. The van der Waals surface area contributed by atoms with E-state index in [-0.39, 0.29) is 18.2 Å². The maximum atomic E-state index is 14.1. The van der Waals surface area contributed by atoms with Gasteiger partial charge in [0, 0.05) is 17.2 Å². The Labute approximate surface area is 157 Å². The van der Waals surface area contributed by atoms with E-state index in [1.807, 2.05) is 13.0 Å². The number of para-hydroxylation sites is 1. The average molecular weight is 390 g/mol. The van der Waals surface area contributed by atoms with E-state index < -0.39 is 11.8 Å². The summed E-state index contributed by atoms with van der Waals surface area (Å²) in [6.07, 6.45) is 0. The molecule has 0 spiro atoms. The number of benzene rings is 1. The molecule has 1 aromatic carbocycles. The predicted molar refractivity (Wildman–Crippen MR) is 99.5 cm³/mol. The van der Waals surface area contributed by atoms with Gasteiger partial charge in [0.15, 0.2) is 5.13 Å². The Bertz CT molecular complexity index is 951. The van der Waals surface area contributed by atoms with Crippen LogP contribution in [0.2, 0.25) is 0 Å². The third-order valence-corrected chi connectivity index (χ3v) is 5.29. The number of halogens is 1. The van der Waals surface area contributed by atoms with Crippen LogP contribution < -0.4 is 4.90 Å². The summed E-state index contributed by atoms with van der Waals surface area (Å²) in [5.41, 5.74) is 0.626. The summed E-state index contributed by atoms with van der Waals surface area (Å²) >= 11 is 2.54. The van der Waals surface area contributed by atoms with Gasteiger partial charge in [-0.1, -0.05) is 12.1 Å². The number of nitrogens with zero attached hydrogens (tertiary/aromatic N) is 2. The Hall–Kier alpha value is -2.58. The van der Waals surface area contributed by atoms with Gasteiger partial charge >= 0.3 is 5.97 Å². The smallest absolute Gasteiger partial charge is 0.348 e. The zero-order valence-electron chi connectivity index (χ0n) is 14.1. The molecule has 0 fully saturated rings. The quantitative estimate of drug-likeness (QED) is 0.593. The summed E-state index contributed by atoms with van der Waals surface area (Å²) in [5.74, 6) is -1.30. The third kappa shape index (κ3) is 3.97. The van der Waals surface area contributed by atoms with Crippen LogP contribution >= 0.6 is 22.7 Å². The maximum absolute atomic E-state index is 14.1. The summed E-state index contributed by atoms with van der Waals surface area (Å²) in [6, 6.07) is 9.55. The predicted octanol–water partition coefficient (Wildman–Crippen LogP) is 4.69. The monoisotopic (exact) mass is 390 g/mol. The molecular formula is C18H15FN2O3S2. The zero-order valence-corrected chi connectivity index (χ0v) is 15.7. The van der Waals surface area contributed by atoms with Crippen LogP contribution in [-0.4, -0.2) is 16.9 Å².